The van der Waals surface area contributed by atoms with Crippen LogP contribution < -0.4 is 9.47 Å². The van der Waals surface area contributed by atoms with Crippen molar-refractivity contribution in [3.05, 3.63) is 137 Å². The fourth-order valence-corrected chi connectivity index (χ4v) is 13.2. The first-order valence-corrected chi connectivity index (χ1v) is 20.9. The largest absolute Gasteiger partial charge is 2.00 e. The van der Waals surface area contributed by atoms with Crippen LogP contribution in [0.4, 0.5) is 23.2 Å². The molecule has 0 radical (unpaired) electrons. The van der Waals surface area contributed by atoms with Crippen molar-refractivity contribution < 1.29 is 72.9 Å². The molecule has 4 aliphatic rings. The first-order valence-electron chi connectivity index (χ1n) is 17.5. The molecular weight excluding hydrogens is 903 g/mol. The average Bonchev–Trinajstić information content (AvgIpc) is 3.24. The Labute approximate surface area is 361 Å². The van der Waals surface area contributed by atoms with E-state index in [1.165, 1.54) is 48.5 Å². The van der Waals surface area contributed by atoms with Crippen LogP contribution in [0.3, 0.4) is 0 Å². The van der Waals surface area contributed by atoms with Crippen LogP contribution in [0.25, 0.3) is 4.85 Å². The summed E-state index contributed by atoms with van der Waals surface area (Å²) in [4.78, 5) is 27.1. The molecule has 0 saturated heterocycles. The first kappa shape index (κ1) is 47.5. The normalized spacial score (nSPS) is 22.3. The SMILES string of the molecule is O=C1CC[C@@]2(S(=O)(=O)c3ccc(Cl)cc3)c3c(F)ccc(F)c3OC[C@H]2C1.[C-]#N.[C-]#N.[C-]#[N+]c1ccc(S(=O)(=O)[C@@]23CCC(=O)C[C@@H]2COc2c(F)ccc(F)c23)cc1.[Zn+2]. The van der Waals surface area contributed by atoms with Crippen LogP contribution in [-0.4, -0.2) is 41.6 Å². The van der Waals surface area contributed by atoms with E-state index in [4.69, 9.17) is 51.3 Å². The number of sulfone groups is 2. The summed E-state index contributed by atoms with van der Waals surface area (Å²) >= 11 is 5.86. The van der Waals surface area contributed by atoms with E-state index >= 15 is 0 Å². The van der Waals surface area contributed by atoms with Gasteiger partial charge in [0.15, 0.2) is 48.5 Å². The van der Waals surface area contributed by atoms with E-state index in [1.54, 1.807) is 0 Å². The zero-order chi connectivity index (χ0) is 43.5. The van der Waals surface area contributed by atoms with Crippen LogP contribution in [0.2, 0.25) is 5.02 Å². The Hall–Kier alpha value is -5.18. The third kappa shape index (κ3) is 7.80. The van der Waals surface area contributed by atoms with Gasteiger partial charge in [0.1, 0.15) is 32.7 Å². The molecule has 8 rings (SSSR count). The quantitative estimate of drug-likeness (QED) is 0.110. The second kappa shape index (κ2) is 18.6. The Balaban J connectivity index is 0.000000241. The molecule has 2 saturated carbocycles. The molecule has 306 valence electrons. The first-order chi connectivity index (χ1) is 28.1. The summed E-state index contributed by atoms with van der Waals surface area (Å²) in [6.45, 7) is 16.1. The van der Waals surface area contributed by atoms with Crippen molar-refractivity contribution in [2.45, 2.75) is 57.8 Å². The summed E-state index contributed by atoms with van der Waals surface area (Å²) in [7, 11) is -8.40. The number of halogens is 5. The van der Waals surface area contributed by atoms with Gasteiger partial charge in [-0.25, -0.2) is 39.2 Å². The summed E-state index contributed by atoms with van der Waals surface area (Å²) in [5.74, 6) is -6.10. The van der Waals surface area contributed by atoms with Gasteiger partial charge in [-0.2, -0.15) is 0 Å². The van der Waals surface area contributed by atoms with Crippen LogP contribution in [0.1, 0.15) is 49.7 Å². The number of hydrogen-bond acceptors (Lipinski definition) is 10. The van der Waals surface area contributed by atoms with E-state index in [0.29, 0.717) is 5.02 Å². The average molecular weight is 934 g/mol. The maximum absolute atomic E-state index is 14.9. The van der Waals surface area contributed by atoms with E-state index in [-0.39, 0.29) is 109 Å². The maximum Gasteiger partial charge on any atom is 2.00 e. The van der Waals surface area contributed by atoms with Gasteiger partial charge in [0, 0.05) is 42.5 Å². The molecule has 0 bridgehead atoms. The maximum atomic E-state index is 14.9. The third-order valence-electron chi connectivity index (χ3n) is 11.0. The summed E-state index contributed by atoms with van der Waals surface area (Å²) in [6.07, 6.45) is -0.515. The van der Waals surface area contributed by atoms with Gasteiger partial charge in [0.2, 0.25) is 0 Å². The van der Waals surface area contributed by atoms with Crippen molar-refractivity contribution in [2.24, 2.45) is 11.8 Å². The predicted molar refractivity (Wildman–Crippen MR) is 200 cm³/mol. The fraction of sp³-hybridized carbons (Fsp3) is 0.293. The van der Waals surface area contributed by atoms with Gasteiger partial charge in [0.05, 0.1) is 40.7 Å². The molecule has 60 heavy (non-hydrogen) atoms. The number of carbonyl (C=O) groups excluding carboxylic acids is 2. The summed E-state index contributed by atoms with van der Waals surface area (Å²) in [5, 5.41) is 12.9. The molecule has 19 heteroatoms. The van der Waals surface area contributed by atoms with Crippen molar-refractivity contribution >= 4 is 48.5 Å². The van der Waals surface area contributed by atoms with Crippen molar-refractivity contribution in [1.29, 1.82) is 10.5 Å². The second-order valence-electron chi connectivity index (χ2n) is 13.8. The molecule has 4 aromatic carbocycles. The van der Waals surface area contributed by atoms with Crippen molar-refractivity contribution in [3.8, 4) is 11.5 Å². The van der Waals surface area contributed by atoms with E-state index in [9.17, 15) is 44.0 Å². The third-order valence-corrected chi connectivity index (χ3v) is 16.4. The molecular formula is C41H30ClF4N3O8S2Zn. The van der Waals surface area contributed by atoms with Gasteiger partial charge < -0.3 is 33.1 Å². The number of benzene rings is 4. The zero-order valence-electron chi connectivity index (χ0n) is 31.3. The molecule has 0 amide bonds. The Morgan fingerprint density at radius 1 is 0.617 bits per heavy atom. The Morgan fingerprint density at radius 3 is 1.33 bits per heavy atom. The molecule has 2 aliphatic heterocycles. The van der Waals surface area contributed by atoms with E-state index in [0.717, 1.165) is 24.3 Å². The van der Waals surface area contributed by atoms with E-state index in [1.807, 2.05) is 0 Å². The van der Waals surface area contributed by atoms with Gasteiger partial charge in [-0.1, -0.05) is 35.9 Å². The monoisotopic (exact) mass is 931 g/mol. The summed E-state index contributed by atoms with van der Waals surface area (Å²) in [6, 6.07) is 14.4. The zero-order valence-corrected chi connectivity index (χ0v) is 36.6. The van der Waals surface area contributed by atoms with Crippen LogP contribution in [0.15, 0.2) is 82.6 Å². The van der Waals surface area contributed by atoms with E-state index < -0.39 is 75.8 Å². The molecule has 0 N–H and O–H groups in total. The molecule has 2 aliphatic carbocycles. The molecule has 2 heterocycles. The van der Waals surface area contributed by atoms with Crippen LogP contribution in [-0.2, 0) is 58.2 Å². The van der Waals surface area contributed by atoms with Gasteiger partial charge in [-0.3, -0.25) is 9.59 Å². The Bertz CT molecular complexity index is 2620. The van der Waals surface area contributed by atoms with Gasteiger partial charge in [0.25, 0.3) is 0 Å². The topological polar surface area (TPSA) is 173 Å². The Morgan fingerprint density at radius 2 is 0.967 bits per heavy atom. The molecule has 0 unspecified atom stereocenters. The summed E-state index contributed by atoms with van der Waals surface area (Å²) in [5.41, 5.74) is -0.400. The number of rotatable bonds is 4. The smallest absolute Gasteiger partial charge is 0.512 e. The molecule has 11 nitrogen and oxygen atoms in total. The number of ketones is 2. The molecule has 2 fully saturated rings. The van der Waals surface area contributed by atoms with Crippen molar-refractivity contribution in [1.82, 2.24) is 0 Å². The van der Waals surface area contributed by atoms with Gasteiger partial charge >= 0.3 is 19.5 Å². The summed E-state index contributed by atoms with van der Waals surface area (Å²) < 4.78 is 120. The number of Topliss-reactive ketones (excluding diaryl/α,β-unsaturated/α-hetero) is 2. The van der Waals surface area contributed by atoms with Gasteiger partial charge in [-0.15, -0.1) is 0 Å². The number of nitrogens with zero attached hydrogens (tertiary/aromatic N) is 3. The molecule has 4 aromatic rings. The van der Waals surface area contributed by atoms with Crippen molar-refractivity contribution in [3.63, 3.8) is 0 Å². The number of fused-ring (bicyclic) bond motifs is 6. The fourth-order valence-electron chi connectivity index (χ4n) is 8.40. The minimum Gasteiger partial charge on any atom is -0.512 e. The molecule has 0 aromatic heterocycles. The van der Waals surface area contributed by atoms with E-state index in [2.05, 4.69) is 4.85 Å². The number of carbonyl (C=O) groups is 2. The standard InChI is InChI=1S/C20H15F2NO4S.C19H15ClF2O4S.2CN.Zn/c1-23-13-2-4-15(5-3-13)28(25,26)20-9-8-14(24)10-12(20)11-27-19-17(22)7-6-16(21)18(19)20;20-12-1-3-14(4-2-12)27(24,25)19-8-7-13(23)9-11(19)10-26-18-16(22)6-5-15(21)17(18)19;2*1-2;/h2-7,12H,8-11H2;1-6,11H,7-10H2;;;/q;;2*-1;+2/t12-,20+;11-,19+;;;/m11.../s1. The van der Waals surface area contributed by atoms with Crippen molar-refractivity contribution in [2.75, 3.05) is 13.2 Å². The minimum absolute atomic E-state index is 0. The van der Waals surface area contributed by atoms with Crippen LogP contribution in [0.5, 0.6) is 11.5 Å². The minimum atomic E-state index is -4.23. The van der Waals surface area contributed by atoms with Crippen LogP contribution >= 0.6 is 11.6 Å². The number of ether oxygens (including phenoxy) is 2. The van der Waals surface area contributed by atoms with Gasteiger partial charge in [-0.05, 0) is 61.4 Å². The Kier molecular flexibility index (Phi) is 14.7. The predicted octanol–water partition coefficient (Wildman–Crippen LogP) is 8.19. The van der Waals surface area contributed by atoms with Crippen LogP contribution in [0, 0.1) is 65.3 Å². The second-order valence-corrected chi connectivity index (χ2v) is 18.7. The molecule has 4 atom stereocenters. The number of hydrogen-bond donors (Lipinski definition) is 0. The molecule has 0 spiro atoms.